The molecule has 0 saturated carbocycles. The van der Waals surface area contributed by atoms with Crippen LogP contribution in [0, 0.1) is 0 Å². The number of H-pyrrole nitrogens is 1. The van der Waals surface area contributed by atoms with Crippen molar-refractivity contribution in [3.8, 4) is 0 Å². The molecule has 2 aromatic heterocycles. The van der Waals surface area contributed by atoms with Gasteiger partial charge in [-0.2, -0.15) is 10.2 Å². The summed E-state index contributed by atoms with van der Waals surface area (Å²) in [4.78, 5) is 3.88. The molecule has 6 nitrogen and oxygen atoms in total. The summed E-state index contributed by atoms with van der Waals surface area (Å²) in [6.07, 6.45) is 2.12. The first-order valence-corrected chi connectivity index (χ1v) is 4.70. The van der Waals surface area contributed by atoms with Gasteiger partial charge in [-0.05, 0) is 15.9 Å². The smallest absolute Gasteiger partial charge is 0.159 e. The zero-order chi connectivity index (χ0) is 10.1. The quantitative estimate of drug-likeness (QED) is 0.816. The van der Waals surface area contributed by atoms with E-state index in [9.17, 15) is 5.11 Å². The van der Waals surface area contributed by atoms with Crippen molar-refractivity contribution in [2.45, 2.75) is 6.10 Å². The number of aryl methyl sites for hydroxylation is 1. The van der Waals surface area contributed by atoms with Crippen LogP contribution in [0.1, 0.15) is 17.6 Å². The molecular formula is C7H8BrN5O. The first-order valence-electron chi connectivity index (χ1n) is 3.91. The number of halogens is 1. The van der Waals surface area contributed by atoms with E-state index in [-0.39, 0.29) is 0 Å². The average Bonchev–Trinajstić information content (AvgIpc) is 2.75. The van der Waals surface area contributed by atoms with Gasteiger partial charge in [-0.3, -0.25) is 9.78 Å². The largest absolute Gasteiger partial charge is 0.379 e. The lowest BCUT2D eigenvalue weighted by Gasteiger charge is -2.08. The van der Waals surface area contributed by atoms with Gasteiger partial charge in [-0.15, -0.1) is 0 Å². The Bertz CT molecular complexity index is 404. The summed E-state index contributed by atoms with van der Waals surface area (Å²) < 4.78 is 2.32. The molecule has 0 aliphatic rings. The van der Waals surface area contributed by atoms with E-state index in [4.69, 9.17) is 0 Å². The highest BCUT2D eigenvalue weighted by molar-refractivity contribution is 9.10. The third kappa shape index (κ3) is 1.44. The number of hydrogen-bond acceptors (Lipinski definition) is 4. The number of nitrogens with zero attached hydrogens (tertiary/aromatic N) is 4. The van der Waals surface area contributed by atoms with Gasteiger partial charge < -0.3 is 5.11 Å². The fourth-order valence-electron chi connectivity index (χ4n) is 1.20. The van der Waals surface area contributed by atoms with E-state index in [0.717, 1.165) is 4.47 Å². The van der Waals surface area contributed by atoms with Crippen LogP contribution in [0.25, 0.3) is 0 Å². The van der Waals surface area contributed by atoms with Gasteiger partial charge in [-0.25, -0.2) is 4.98 Å². The average molecular weight is 258 g/mol. The molecule has 0 fully saturated rings. The van der Waals surface area contributed by atoms with Crippen LogP contribution in [0.3, 0.4) is 0 Å². The predicted octanol–water partition coefficient (Wildman–Crippen LogP) is 0.382. The van der Waals surface area contributed by atoms with Crippen molar-refractivity contribution in [2.75, 3.05) is 0 Å². The van der Waals surface area contributed by atoms with Crippen LogP contribution < -0.4 is 0 Å². The SMILES string of the molecule is Cn1ncc(Br)c1C(O)c1ncn[nH]1. The van der Waals surface area contributed by atoms with E-state index in [0.29, 0.717) is 11.5 Å². The van der Waals surface area contributed by atoms with Crippen molar-refractivity contribution in [2.24, 2.45) is 7.05 Å². The molecule has 0 spiro atoms. The number of aromatic nitrogens is 5. The van der Waals surface area contributed by atoms with Gasteiger partial charge in [0.05, 0.1) is 16.4 Å². The van der Waals surface area contributed by atoms with Crippen molar-refractivity contribution >= 4 is 15.9 Å². The minimum Gasteiger partial charge on any atom is -0.379 e. The van der Waals surface area contributed by atoms with Gasteiger partial charge in [0, 0.05) is 7.05 Å². The van der Waals surface area contributed by atoms with Crippen molar-refractivity contribution in [1.82, 2.24) is 25.0 Å². The lowest BCUT2D eigenvalue weighted by Crippen LogP contribution is -2.08. The normalized spacial score (nSPS) is 13.1. The highest BCUT2D eigenvalue weighted by Crippen LogP contribution is 2.25. The molecule has 2 rings (SSSR count). The Hall–Kier alpha value is -1.21. The summed E-state index contributed by atoms with van der Waals surface area (Å²) in [7, 11) is 1.75. The Balaban J connectivity index is 2.41. The number of aromatic amines is 1. The summed E-state index contributed by atoms with van der Waals surface area (Å²) in [5, 5.41) is 20.2. The second-order valence-corrected chi connectivity index (χ2v) is 3.63. The van der Waals surface area contributed by atoms with Gasteiger partial charge >= 0.3 is 0 Å². The van der Waals surface area contributed by atoms with E-state index in [1.807, 2.05) is 0 Å². The van der Waals surface area contributed by atoms with Crippen molar-refractivity contribution in [1.29, 1.82) is 0 Å². The first kappa shape index (κ1) is 9.35. The maximum absolute atomic E-state index is 9.91. The molecule has 14 heavy (non-hydrogen) atoms. The van der Waals surface area contributed by atoms with E-state index >= 15 is 0 Å². The zero-order valence-electron chi connectivity index (χ0n) is 7.35. The van der Waals surface area contributed by atoms with E-state index in [1.54, 1.807) is 17.9 Å². The van der Waals surface area contributed by atoms with Crippen LogP contribution in [-0.4, -0.2) is 30.1 Å². The molecule has 1 atom stereocenters. The van der Waals surface area contributed by atoms with Crippen LogP contribution in [-0.2, 0) is 7.05 Å². The Morgan fingerprint density at radius 2 is 2.43 bits per heavy atom. The number of hydrogen-bond donors (Lipinski definition) is 2. The van der Waals surface area contributed by atoms with Crippen LogP contribution in [0.2, 0.25) is 0 Å². The van der Waals surface area contributed by atoms with Crippen LogP contribution in [0.15, 0.2) is 17.0 Å². The van der Waals surface area contributed by atoms with Gasteiger partial charge in [0.25, 0.3) is 0 Å². The molecule has 7 heteroatoms. The van der Waals surface area contributed by atoms with Crippen LogP contribution in [0.5, 0.6) is 0 Å². The van der Waals surface area contributed by atoms with E-state index < -0.39 is 6.10 Å². The van der Waals surface area contributed by atoms with E-state index in [1.165, 1.54) is 6.33 Å². The molecule has 1 unspecified atom stereocenters. The summed E-state index contributed by atoms with van der Waals surface area (Å²) in [6, 6.07) is 0. The summed E-state index contributed by atoms with van der Waals surface area (Å²) >= 11 is 3.30. The number of aliphatic hydroxyl groups excluding tert-OH is 1. The minimum atomic E-state index is -0.848. The molecule has 0 saturated heterocycles. The maximum Gasteiger partial charge on any atom is 0.159 e. The summed E-state index contributed by atoms with van der Waals surface area (Å²) in [5.41, 5.74) is 0.641. The fraction of sp³-hybridized carbons (Fsp3) is 0.286. The topological polar surface area (TPSA) is 79.6 Å². The molecule has 0 aliphatic heterocycles. The second kappa shape index (κ2) is 3.50. The second-order valence-electron chi connectivity index (χ2n) is 2.77. The van der Waals surface area contributed by atoms with Crippen LogP contribution in [0.4, 0.5) is 0 Å². The van der Waals surface area contributed by atoms with Gasteiger partial charge in [-0.1, -0.05) is 0 Å². The highest BCUT2D eigenvalue weighted by Gasteiger charge is 2.20. The highest BCUT2D eigenvalue weighted by atomic mass is 79.9. The molecule has 2 N–H and O–H groups in total. The molecule has 74 valence electrons. The molecule has 0 amide bonds. The predicted molar refractivity (Wildman–Crippen MR) is 51.4 cm³/mol. The van der Waals surface area contributed by atoms with Crippen LogP contribution >= 0.6 is 15.9 Å². The Morgan fingerprint density at radius 1 is 1.64 bits per heavy atom. The lowest BCUT2D eigenvalue weighted by atomic mass is 10.2. The van der Waals surface area contributed by atoms with Crippen molar-refractivity contribution in [3.05, 3.63) is 28.5 Å². The molecule has 0 bridgehead atoms. The molecular weight excluding hydrogens is 250 g/mol. The molecule has 0 aromatic carbocycles. The summed E-state index contributed by atoms with van der Waals surface area (Å²) in [6.45, 7) is 0. The fourth-order valence-corrected chi connectivity index (χ4v) is 1.77. The Labute approximate surface area is 88.1 Å². The molecule has 0 aliphatic carbocycles. The third-order valence-electron chi connectivity index (χ3n) is 1.89. The molecule has 0 radical (unpaired) electrons. The van der Waals surface area contributed by atoms with Gasteiger partial charge in [0.15, 0.2) is 11.9 Å². The number of nitrogens with one attached hydrogen (secondary N) is 1. The summed E-state index contributed by atoms with van der Waals surface area (Å²) in [5.74, 6) is 0.398. The Morgan fingerprint density at radius 3 is 2.93 bits per heavy atom. The zero-order valence-corrected chi connectivity index (χ0v) is 8.93. The van der Waals surface area contributed by atoms with Gasteiger partial charge in [0.2, 0.25) is 0 Å². The Kier molecular flexibility index (Phi) is 2.34. The first-order chi connectivity index (χ1) is 6.70. The maximum atomic E-state index is 9.91. The standard InChI is InChI=1S/C7H8BrN5O/c1-13-5(4(8)2-11-13)6(14)7-9-3-10-12-7/h2-3,6,14H,1H3,(H,9,10,12). The molecule has 2 heterocycles. The minimum absolute atomic E-state index is 0.398. The number of aliphatic hydroxyl groups is 1. The van der Waals surface area contributed by atoms with Crippen molar-refractivity contribution in [3.63, 3.8) is 0 Å². The number of rotatable bonds is 2. The van der Waals surface area contributed by atoms with Gasteiger partial charge in [0.1, 0.15) is 6.33 Å². The van der Waals surface area contributed by atoms with E-state index in [2.05, 4.69) is 36.2 Å². The lowest BCUT2D eigenvalue weighted by molar-refractivity contribution is 0.199. The molecule has 2 aromatic rings. The monoisotopic (exact) mass is 257 g/mol. The third-order valence-corrected chi connectivity index (χ3v) is 2.50. The van der Waals surface area contributed by atoms with Crippen molar-refractivity contribution < 1.29 is 5.11 Å².